The monoisotopic (exact) mass is 261 g/mol. The standard InChI is InChI=1S/C15H23N3O/c1-3-18(4-2)15-9-8-13(11-17-15)16-12-14-7-5-6-10-19-14/h6,8-11,14,16H,3-5,7,12H2,1-2H3. The van der Waals surface area contributed by atoms with Gasteiger partial charge in [0.05, 0.1) is 24.7 Å². The van der Waals surface area contributed by atoms with Crippen LogP contribution in [0.25, 0.3) is 0 Å². The lowest BCUT2D eigenvalue weighted by Gasteiger charge is -2.21. The number of aromatic nitrogens is 1. The Balaban J connectivity index is 1.86. The van der Waals surface area contributed by atoms with Gasteiger partial charge in [-0.05, 0) is 44.9 Å². The van der Waals surface area contributed by atoms with E-state index in [0.717, 1.165) is 44.0 Å². The van der Waals surface area contributed by atoms with Gasteiger partial charge in [-0.1, -0.05) is 0 Å². The summed E-state index contributed by atoms with van der Waals surface area (Å²) < 4.78 is 5.52. The summed E-state index contributed by atoms with van der Waals surface area (Å²) in [4.78, 5) is 6.73. The first-order valence-corrected chi connectivity index (χ1v) is 7.08. The van der Waals surface area contributed by atoms with Gasteiger partial charge >= 0.3 is 0 Å². The molecule has 104 valence electrons. The lowest BCUT2D eigenvalue weighted by molar-refractivity contribution is 0.135. The molecule has 1 aliphatic rings. The Morgan fingerprint density at radius 1 is 1.37 bits per heavy atom. The van der Waals surface area contributed by atoms with Gasteiger partial charge in [0.1, 0.15) is 11.9 Å². The Hall–Kier alpha value is -1.71. The van der Waals surface area contributed by atoms with Crippen molar-refractivity contribution in [3.05, 3.63) is 30.7 Å². The molecule has 1 aliphatic heterocycles. The van der Waals surface area contributed by atoms with Crippen molar-refractivity contribution in [2.24, 2.45) is 0 Å². The summed E-state index contributed by atoms with van der Waals surface area (Å²) in [6.45, 7) is 7.09. The van der Waals surface area contributed by atoms with Gasteiger partial charge in [-0.25, -0.2) is 4.98 Å². The molecule has 0 bridgehead atoms. The van der Waals surface area contributed by atoms with Crippen LogP contribution in [0.2, 0.25) is 0 Å². The zero-order chi connectivity index (χ0) is 13.5. The fourth-order valence-electron chi connectivity index (χ4n) is 2.19. The molecular weight excluding hydrogens is 238 g/mol. The first-order chi connectivity index (χ1) is 9.33. The van der Waals surface area contributed by atoms with Crippen molar-refractivity contribution < 1.29 is 4.74 Å². The number of rotatable bonds is 6. The minimum atomic E-state index is 0.271. The topological polar surface area (TPSA) is 37.4 Å². The highest BCUT2D eigenvalue weighted by Crippen LogP contribution is 2.15. The maximum atomic E-state index is 5.52. The molecule has 0 amide bonds. The third-order valence-corrected chi connectivity index (χ3v) is 3.39. The van der Waals surface area contributed by atoms with E-state index in [1.165, 1.54) is 0 Å². The molecule has 19 heavy (non-hydrogen) atoms. The van der Waals surface area contributed by atoms with Gasteiger partial charge in [-0.2, -0.15) is 0 Å². The van der Waals surface area contributed by atoms with Gasteiger partial charge in [0.15, 0.2) is 0 Å². The maximum Gasteiger partial charge on any atom is 0.128 e. The van der Waals surface area contributed by atoms with Crippen molar-refractivity contribution in [2.75, 3.05) is 29.9 Å². The zero-order valence-electron chi connectivity index (χ0n) is 11.8. The molecule has 2 rings (SSSR count). The van der Waals surface area contributed by atoms with Crippen molar-refractivity contribution in [3.8, 4) is 0 Å². The summed E-state index contributed by atoms with van der Waals surface area (Å²) in [6, 6.07) is 4.15. The predicted molar refractivity (Wildman–Crippen MR) is 79.5 cm³/mol. The Morgan fingerprint density at radius 3 is 2.79 bits per heavy atom. The summed E-state index contributed by atoms with van der Waals surface area (Å²) in [5.41, 5.74) is 1.05. The van der Waals surface area contributed by atoms with E-state index in [0.29, 0.717) is 0 Å². The van der Waals surface area contributed by atoms with Crippen LogP contribution in [0.1, 0.15) is 26.7 Å². The second-order valence-electron chi connectivity index (χ2n) is 4.67. The summed E-state index contributed by atoms with van der Waals surface area (Å²) in [5.74, 6) is 1.03. The summed E-state index contributed by atoms with van der Waals surface area (Å²) in [5, 5.41) is 3.38. The molecule has 1 aromatic heterocycles. The van der Waals surface area contributed by atoms with Gasteiger partial charge in [0, 0.05) is 13.1 Å². The molecule has 4 heteroatoms. The largest absolute Gasteiger partial charge is 0.497 e. The van der Waals surface area contributed by atoms with Crippen LogP contribution in [0.3, 0.4) is 0 Å². The number of pyridine rings is 1. The molecule has 0 spiro atoms. The van der Waals surface area contributed by atoms with Gasteiger partial charge in [-0.3, -0.25) is 0 Å². The van der Waals surface area contributed by atoms with E-state index >= 15 is 0 Å². The van der Waals surface area contributed by atoms with Crippen LogP contribution in [0, 0.1) is 0 Å². The highest BCUT2D eigenvalue weighted by atomic mass is 16.5. The van der Waals surface area contributed by atoms with Crippen LogP contribution >= 0.6 is 0 Å². The molecule has 0 radical (unpaired) electrons. The molecular formula is C15H23N3O. The fraction of sp³-hybridized carbons (Fsp3) is 0.533. The molecule has 0 aromatic carbocycles. The number of hydrogen-bond donors (Lipinski definition) is 1. The first-order valence-electron chi connectivity index (χ1n) is 7.08. The van der Waals surface area contributed by atoms with Crippen molar-refractivity contribution in [1.29, 1.82) is 0 Å². The second-order valence-corrected chi connectivity index (χ2v) is 4.67. The third kappa shape index (κ3) is 3.88. The number of allylic oxidation sites excluding steroid dienone is 1. The number of nitrogens with zero attached hydrogens (tertiary/aromatic N) is 2. The van der Waals surface area contributed by atoms with Crippen molar-refractivity contribution in [1.82, 2.24) is 4.98 Å². The fourth-order valence-corrected chi connectivity index (χ4v) is 2.19. The smallest absolute Gasteiger partial charge is 0.128 e. The molecule has 4 nitrogen and oxygen atoms in total. The quantitative estimate of drug-likeness (QED) is 0.854. The van der Waals surface area contributed by atoms with E-state index in [1.54, 1.807) is 6.26 Å². The number of hydrogen-bond acceptors (Lipinski definition) is 4. The van der Waals surface area contributed by atoms with Crippen LogP contribution < -0.4 is 10.2 Å². The molecule has 0 saturated heterocycles. The predicted octanol–water partition coefficient (Wildman–Crippen LogP) is 3.03. The van der Waals surface area contributed by atoms with E-state index < -0.39 is 0 Å². The van der Waals surface area contributed by atoms with Crippen molar-refractivity contribution in [2.45, 2.75) is 32.8 Å². The minimum absolute atomic E-state index is 0.271. The first kappa shape index (κ1) is 13.7. The summed E-state index contributed by atoms with van der Waals surface area (Å²) in [7, 11) is 0. The Morgan fingerprint density at radius 2 is 2.21 bits per heavy atom. The molecule has 1 unspecified atom stereocenters. The van der Waals surface area contributed by atoms with Crippen LogP contribution in [0.4, 0.5) is 11.5 Å². The van der Waals surface area contributed by atoms with Gasteiger partial charge in [-0.15, -0.1) is 0 Å². The van der Waals surface area contributed by atoms with Gasteiger partial charge < -0.3 is 15.0 Å². The maximum absolute atomic E-state index is 5.52. The average Bonchev–Trinajstić information content (AvgIpc) is 2.49. The Labute approximate surface area is 115 Å². The van der Waals surface area contributed by atoms with Crippen LogP contribution in [-0.4, -0.2) is 30.7 Å². The third-order valence-electron chi connectivity index (χ3n) is 3.39. The second kappa shape index (κ2) is 7.02. The highest BCUT2D eigenvalue weighted by Gasteiger charge is 2.10. The lowest BCUT2D eigenvalue weighted by Crippen LogP contribution is -2.24. The summed E-state index contributed by atoms with van der Waals surface area (Å²) in [6.07, 6.45) is 8.22. The molecule has 1 N–H and O–H groups in total. The SMILES string of the molecule is CCN(CC)c1ccc(NCC2CCC=CO2)cn1. The van der Waals surface area contributed by atoms with Crippen molar-refractivity contribution >= 4 is 11.5 Å². The summed E-state index contributed by atoms with van der Waals surface area (Å²) >= 11 is 0. The van der Waals surface area contributed by atoms with E-state index in [4.69, 9.17) is 4.74 Å². The Kier molecular flexibility index (Phi) is 5.07. The number of ether oxygens (including phenoxy) is 1. The molecule has 1 atom stereocenters. The van der Waals surface area contributed by atoms with E-state index in [9.17, 15) is 0 Å². The highest BCUT2D eigenvalue weighted by molar-refractivity contribution is 5.48. The van der Waals surface area contributed by atoms with Crippen LogP contribution in [0.5, 0.6) is 0 Å². The number of nitrogens with one attached hydrogen (secondary N) is 1. The molecule has 0 fully saturated rings. The van der Waals surface area contributed by atoms with Gasteiger partial charge in [0.25, 0.3) is 0 Å². The molecule has 2 heterocycles. The van der Waals surface area contributed by atoms with E-state index in [2.05, 4.69) is 47.3 Å². The Bertz CT molecular complexity index is 398. The molecule has 0 aliphatic carbocycles. The minimum Gasteiger partial charge on any atom is -0.497 e. The van der Waals surface area contributed by atoms with E-state index in [-0.39, 0.29) is 6.10 Å². The van der Waals surface area contributed by atoms with Crippen LogP contribution in [0.15, 0.2) is 30.7 Å². The number of anilines is 2. The van der Waals surface area contributed by atoms with Crippen LogP contribution in [-0.2, 0) is 4.74 Å². The normalized spacial score (nSPS) is 17.9. The van der Waals surface area contributed by atoms with Gasteiger partial charge in [0.2, 0.25) is 0 Å². The van der Waals surface area contributed by atoms with E-state index in [1.807, 2.05) is 6.20 Å². The van der Waals surface area contributed by atoms with Crippen molar-refractivity contribution in [3.63, 3.8) is 0 Å². The lowest BCUT2D eigenvalue weighted by atomic mass is 10.1. The average molecular weight is 261 g/mol. The zero-order valence-corrected chi connectivity index (χ0v) is 11.8. The molecule has 1 aromatic rings. The molecule has 0 saturated carbocycles.